The molecule has 0 heterocycles. The van der Waals surface area contributed by atoms with Gasteiger partial charge >= 0.3 is 53.9 Å². The van der Waals surface area contributed by atoms with Crippen LogP contribution in [0.5, 0.6) is 0 Å². The summed E-state index contributed by atoms with van der Waals surface area (Å²) in [4.78, 5) is 11.8. The lowest BCUT2D eigenvalue weighted by molar-refractivity contribution is -0.447. The zero-order chi connectivity index (χ0) is 28.8. The first-order valence-corrected chi connectivity index (χ1v) is 9.96. The van der Waals surface area contributed by atoms with Crippen molar-refractivity contribution in [2.24, 2.45) is 11.8 Å². The fourth-order valence-electron chi connectivity index (χ4n) is 3.34. The van der Waals surface area contributed by atoms with Gasteiger partial charge in [0.1, 0.15) is 0 Å². The van der Waals surface area contributed by atoms with Crippen LogP contribution in [-0.2, 0) is 9.53 Å². The van der Waals surface area contributed by atoms with Gasteiger partial charge in [0.25, 0.3) is 0 Å². The van der Waals surface area contributed by atoms with Gasteiger partial charge in [0.2, 0.25) is 0 Å². The minimum atomic E-state index is -8.46. The normalized spacial score (nSPS) is 21.6. The van der Waals surface area contributed by atoms with Gasteiger partial charge in [-0.2, -0.15) is 61.5 Å². The summed E-state index contributed by atoms with van der Waals surface area (Å²) in [6, 6.07) is 0. The molecule has 0 unspecified atom stereocenters. The fraction of sp³-hybridized carbons (Fsp3) is 0.944. The van der Waals surface area contributed by atoms with Crippen molar-refractivity contribution in [1.82, 2.24) is 0 Å². The molecule has 0 aromatic rings. The maximum absolute atomic E-state index is 13.8. The van der Waals surface area contributed by atoms with Crippen molar-refractivity contribution < 1.29 is 79.8 Å². The smallest absolute Gasteiger partial charge is 0.385 e. The number of hydrogen-bond donors (Lipinski definition) is 0. The third kappa shape index (κ3) is 4.92. The molecule has 1 fully saturated rings. The van der Waals surface area contributed by atoms with Crippen LogP contribution < -0.4 is 0 Å². The van der Waals surface area contributed by atoms with Crippen LogP contribution in [0.15, 0.2) is 0 Å². The lowest BCUT2D eigenvalue weighted by Crippen LogP contribution is -2.74. The van der Waals surface area contributed by atoms with E-state index in [1.54, 1.807) is 6.92 Å². The van der Waals surface area contributed by atoms with Gasteiger partial charge in [-0.3, -0.25) is 4.79 Å². The van der Waals surface area contributed by atoms with Gasteiger partial charge < -0.3 is 4.74 Å². The van der Waals surface area contributed by atoms with Crippen LogP contribution in [0, 0.1) is 11.8 Å². The van der Waals surface area contributed by atoms with Crippen molar-refractivity contribution in [2.45, 2.75) is 86.9 Å². The molecule has 1 aliphatic carbocycles. The molecule has 0 radical (unpaired) electrons. The maximum Gasteiger partial charge on any atom is 0.385 e. The van der Waals surface area contributed by atoms with Gasteiger partial charge in [-0.15, -0.1) is 0 Å². The maximum atomic E-state index is 13.8. The van der Waals surface area contributed by atoms with Crippen molar-refractivity contribution >= 4 is 5.97 Å². The van der Waals surface area contributed by atoms with Crippen molar-refractivity contribution in [2.75, 3.05) is 6.61 Å². The lowest BCUT2D eigenvalue weighted by atomic mass is 9.81. The van der Waals surface area contributed by atoms with Crippen LogP contribution in [0.1, 0.15) is 39.0 Å². The predicted octanol–water partition coefficient (Wildman–Crippen LogP) is 7.46. The van der Waals surface area contributed by atoms with Crippen molar-refractivity contribution in [3.8, 4) is 0 Å². The summed E-state index contributed by atoms with van der Waals surface area (Å²) in [5.41, 5.74) is 0. The molecule has 1 rings (SSSR count). The predicted molar refractivity (Wildman–Crippen MR) is 87.3 cm³/mol. The Hall–Kier alpha value is -1.65. The van der Waals surface area contributed by atoms with Crippen LogP contribution in [0.25, 0.3) is 0 Å². The summed E-state index contributed by atoms with van der Waals surface area (Å²) in [6.07, 6.45) is -4.58. The number of halogens is 16. The minimum absolute atomic E-state index is 0.0206. The number of alkyl halides is 16. The van der Waals surface area contributed by atoms with E-state index in [4.69, 9.17) is 0 Å². The van der Waals surface area contributed by atoms with Crippen LogP contribution in [0.4, 0.5) is 70.2 Å². The van der Waals surface area contributed by atoms with E-state index in [9.17, 15) is 75.0 Å². The molecule has 214 valence electrons. The largest absolute Gasteiger partial charge is 0.459 e. The van der Waals surface area contributed by atoms with E-state index in [2.05, 4.69) is 4.74 Å². The molecule has 2 nitrogen and oxygen atoms in total. The first-order valence-electron chi connectivity index (χ1n) is 9.96. The summed E-state index contributed by atoms with van der Waals surface area (Å²) in [5, 5.41) is 0. The standard InChI is InChI=1S/C18H18F16O2/c1-2-8-3-5-9(6-4-8)10(35)36-7-12(21,22)14(25,26)16(29,30)18(33,34)17(31,32)15(27,28)13(23,24)11(19)20/h8-9,11H,2-7H2,1H3. The summed E-state index contributed by atoms with van der Waals surface area (Å²) < 4.78 is 216. The molecule has 36 heavy (non-hydrogen) atoms. The van der Waals surface area contributed by atoms with E-state index in [1.807, 2.05) is 0 Å². The third-order valence-corrected chi connectivity index (χ3v) is 5.88. The Kier molecular flexibility index (Phi) is 8.91. The van der Waals surface area contributed by atoms with Gasteiger partial charge in [0.15, 0.2) is 6.61 Å². The fourth-order valence-corrected chi connectivity index (χ4v) is 3.34. The van der Waals surface area contributed by atoms with Crippen LogP contribution in [0.3, 0.4) is 0 Å². The van der Waals surface area contributed by atoms with E-state index in [1.165, 1.54) is 0 Å². The molecule has 0 aromatic heterocycles. The summed E-state index contributed by atoms with van der Waals surface area (Å²) in [6.45, 7) is -1.34. The molecule has 0 saturated heterocycles. The van der Waals surface area contributed by atoms with E-state index < -0.39 is 66.4 Å². The lowest BCUT2D eigenvalue weighted by Gasteiger charge is -2.42. The molecule has 0 aromatic carbocycles. The second-order valence-electron chi connectivity index (χ2n) is 8.23. The Morgan fingerprint density at radius 1 is 0.694 bits per heavy atom. The van der Waals surface area contributed by atoms with Crippen molar-refractivity contribution in [3.63, 3.8) is 0 Å². The molecule has 0 spiro atoms. The van der Waals surface area contributed by atoms with Crippen molar-refractivity contribution in [1.29, 1.82) is 0 Å². The van der Waals surface area contributed by atoms with Gasteiger partial charge in [0.05, 0.1) is 5.92 Å². The molecule has 0 aliphatic heterocycles. The monoisotopic (exact) mass is 570 g/mol. The highest BCUT2D eigenvalue weighted by Gasteiger charge is 2.93. The summed E-state index contributed by atoms with van der Waals surface area (Å²) >= 11 is 0. The Morgan fingerprint density at radius 3 is 1.47 bits per heavy atom. The quantitative estimate of drug-likeness (QED) is 0.191. The average molecular weight is 570 g/mol. The zero-order valence-corrected chi connectivity index (χ0v) is 17.8. The van der Waals surface area contributed by atoms with E-state index in [0.717, 1.165) is 0 Å². The number of hydrogen-bond acceptors (Lipinski definition) is 2. The first kappa shape index (κ1) is 32.4. The Bertz CT molecular complexity index is 771. The molecule has 0 N–H and O–H groups in total. The van der Waals surface area contributed by atoms with E-state index in [0.29, 0.717) is 19.3 Å². The van der Waals surface area contributed by atoms with Gasteiger partial charge in [0, 0.05) is 0 Å². The molecule has 0 atom stereocenters. The van der Waals surface area contributed by atoms with E-state index in [-0.39, 0.29) is 18.8 Å². The molecular formula is C18H18F16O2. The van der Waals surface area contributed by atoms with Crippen LogP contribution in [-0.4, -0.2) is 60.5 Å². The SMILES string of the molecule is CCC1CCC(C(=O)OCC(F)(F)C(F)(F)C(F)(F)C(F)(F)C(F)(F)C(F)(F)C(F)(F)C(F)F)CC1. The zero-order valence-electron chi connectivity index (χ0n) is 17.8. The van der Waals surface area contributed by atoms with Gasteiger partial charge in [-0.25, -0.2) is 8.78 Å². The number of carbonyl (C=O) groups is 1. The van der Waals surface area contributed by atoms with E-state index >= 15 is 0 Å². The second-order valence-corrected chi connectivity index (χ2v) is 8.23. The summed E-state index contributed by atoms with van der Waals surface area (Å²) in [5.74, 6) is -57.9. The summed E-state index contributed by atoms with van der Waals surface area (Å²) in [7, 11) is 0. The molecule has 0 bridgehead atoms. The highest BCUT2D eigenvalue weighted by Crippen LogP contribution is 2.62. The Balaban J connectivity index is 3.22. The number of carbonyl (C=O) groups excluding carboxylic acids is 1. The molecule has 0 amide bonds. The molecule has 18 heteroatoms. The first-order chi connectivity index (χ1) is 15.9. The molecular weight excluding hydrogens is 552 g/mol. The Labute approximate surface area is 192 Å². The Morgan fingerprint density at radius 2 is 1.08 bits per heavy atom. The third-order valence-electron chi connectivity index (χ3n) is 5.88. The van der Waals surface area contributed by atoms with Crippen LogP contribution in [0.2, 0.25) is 0 Å². The highest BCUT2D eigenvalue weighted by atomic mass is 19.4. The van der Waals surface area contributed by atoms with Gasteiger partial charge in [-0.05, 0) is 31.6 Å². The topological polar surface area (TPSA) is 26.3 Å². The molecule has 1 aliphatic rings. The minimum Gasteiger partial charge on any atom is -0.459 e. The van der Waals surface area contributed by atoms with Crippen LogP contribution >= 0.6 is 0 Å². The molecule has 1 saturated carbocycles. The van der Waals surface area contributed by atoms with Gasteiger partial charge in [-0.1, -0.05) is 13.3 Å². The number of ether oxygens (including phenoxy) is 1. The highest BCUT2D eigenvalue weighted by molar-refractivity contribution is 5.72. The second kappa shape index (κ2) is 9.91. The van der Waals surface area contributed by atoms with Crippen molar-refractivity contribution in [3.05, 3.63) is 0 Å². The average Bonchev–Trinajstić information content (AvgIpc) is 2.76. The number of rotatable bonds is 11. The number of esters is 1.